The molecule has 1 nitrogen and oxygen atoms in total. The molecule has 0 rings (SSSR count). The van der Waals surface area contributed by atoms with Crippen molar-refractivity contribution < 1.29 is 0 Å². The Bertz CT molecular complexity index is 98.5. The molecular weight excluding hydrogens is 190 g/mol. The highest BCUT2D eigenvalue weighted by molar-refractivity contribution is 7.98. The predicted molar refractivity (Wildman–Crippen MR) is 69.2 cm³/mol. The van der Waals surface area contributed by atoms with Gasteiger partial charge < -0.3 is 5.32 Å². The fourth-order valence-corrected chi connectivity index (χ4v) is 2.12. The van der Waals surface area contributed by atoms with E-state index in [1.807, 2.05) is 11.8 Å². The lowest BCUT2D eigenvalue weighted by molar-refractivity contribution is 0.450. The smallest absolute Gasteiger partial charge is 0.00749 e. The number of nitrogens with one attached hydrogen (secondary N) is 1. The monoisotopic (exact) mass is 217 g/mol. The van der Waals surface area contributed by atoms with Crippen molar-refractivity contribution in [3.63, 3.8) is 0 Å². The summed E-state index contributed by atoms with van der Waals surface area (Å²) in [6, 6.07) is 0.772. The minimum atomic E-state index is 0.772. The van der Waals surface area contributed by atoms with E-state index in [-0.39, 0.29) is 0 Å². The summed E-state index contributed by atoms with van der Waals surface area (Å²) in [6.45, 7) is 5.70. The second kappa shape index (κ2) is 11.4. The molecule has 0 aliphatic carbocycles. The van der Waals surface area contributed by atoms with Crippen molar-refractivity contribution in [2.24, 2.45) is 0 Å². The molecule has 14 heavy (non-hydrogen) atoms. The molecule has 0 aromatic heterocycles. The molecule has 0 aromatic carbocycles. The van der Waals surface area contributed by atoms with Crippen LogP contribution in [0, 0.1) is 0 Å². The van der Waals surface area contributed by atoms with Crippen LogP contribution < -0.4 is 5.32 Å². The first-order valence-corrected chi connectivity index (χ1v) is 7.46. The van der Waals surface area contributed by atoms with Crippen molar-refractivity contribution in [2.45, 2.75) is 58.4 Å². The van der Waals surface area contributed by atoms with E-state index < -0.39 is 0 Å². The second-order valence-corrected chi connectivity index (χ2v) is 4.91. The van der Waals surface area contributed by atoms with Crippen molar-refractivity contribution in [3.05, 3.63) is 0 Å². The third kappa shape index (κ3) is 8.89. The lowest BCUT2D eigenvalue weighted by Gasteiger charge is -2.17. The normalized spacial score (nSPS) is 13.1. The second-order valence-electron chi connectivity index (χ2n) is 3.93. The summed E-state index contributed by atoms with van der Waals surface area (Å²) in [5.41, 5.74) is 0. The van der Waals surface area contributed by atoms with Gasteiger partial charge in [-0.3, -0.25) is 0 Å². The van der Waals surface area contributed by atoms with Crippen molar-refractivity contribution in [2.75, 3.05) is 18.6 Å². The van der Waals surface area contributed by atoms with E-state index in [0.717, 1.165) is 6.04 Å². The molecule has 2 heteroatoms. The Morgan fingerprint density at radius 3 is 2.43 bits per heavy atom. The molecule has 1 N–H and O–H groups in total. The molecule has 1 atom stereocenters. The molecule has 0 heterocycles. The predicted octanol–water partition coefficient (Wildman–Crippen LogP) is 3.69. The number of hydrogen-bond acceptors (Lipinski definition) is 2. The van der Waals surface area contributed by atoms with Crippen molar-refractivity contribution >= 4 is 11.8 Å². The number of unbranched alkanes of at least 4 members (excludes halogenated alkanes) is 2. The molecule has 1 unspecified atom stereocenters. The Morgan fingerprint density at radius 2 is 1.86 bits per heavy atom. The van der Waals surface area contributed by atoms with Crippen molar-refractivity contribution in [3.8, 4) is 0 Å². The first-order chi connectivity index (χ1) is 6.85. The zero-order valence-electron chi connectivity index (χ0n) is 10.1. The van der Waals surface area contributed by atoms with E-state index in [1.54, 1.807) is 0 Å². The first-order valence-electron chi connectivity index (χ1n) is 6.07. The Hall–Kier alpha value is 0.310. The summed E-state index contributed by atoms with van der Waals surface area (Å²) >= 11 is 1.96. The van der Waals surface area contributed by atoms with Crippen LogP contribution in [0.2, 0.25) is 0 Å². The number of thioether (sulfide) groups is 1. The Morgan fingerprint density at radius 1 is 1.07 bits per heavy atom. The lowest BCUT2D eigenvalue weighted by atomic mass is 10.1. The van der Waals surface area contributed by atoms with Gasteiger partial charge in [-0.15, -0.1) is 0 Å². The van der Waals surface area contributed by atoms with Gasteiger partial charge in [0.1, 0.15) is 0 Å². The number of hydrogen-bond donors (Lipinski definition) is 1. The third-order valence-corrected chi connectivity index (χ3v) is 3.15. The fraction of sp³-hybridized carbons (Fsp3) is 1.00. The molecule has 0 fully saturated rings. The number of rotatable bonds is 10. The Kier molecular flexibility index (Phi) is 11.6. The van der Waals surface area contributed by atoms with Crippen LogP contribution in [0.1, 0.15) is 52.4 Å². The fourth-order valence-electron chi connectivity index (χ4n) is 1.60. The van der Waals surface area contributed by atoms with Gasteiger partial charge in [0, 0.05) is 6.04 Å². The maximum absolute atomic E-state index is 3.65. The summed E-state index contributed by atoms with van der Waals surface area (Å²) in [4.78, 5) is 0. The topological polar surface area (TPSA) is 12.0 Å². The van der Waals surface area contributed by atoms with Gasteiger partial charge in [0.2, 0.25) is 0 Å². The average Bonchev–Trinajstić information content (AvgIpc) is 2.21. The zero-order valence-corrected chi connectivity index (χ0v) is 11.0. The van der Waals surface area contributed by atoms with Gasteiger partial charge >= 0.3 is 0 Å². The highest BCUT2D eigenvalue weighted by atomic mass is 32.2. The van der Waals surface area contributed by atoms with E-state index in [2.05, 4.69) is 25.4 Å². The molecule has 0 bridgehead atoms. The molecule has 0 aromatic rings. The quantitative estimate of drug-likeness (QED) is 0.560. The van der Waals surface area contributed by atoms with Gasteiger partial charge in [0.15, 0.2) is 0 Å². The van der Waals surface area contributed by atoms with Crippen LogP contribution in [0.4, 0.5) is 0 Å². The summed E-state index contributed by atoms with van der Waals surface area (Å²) in [7, 11) is 0. The molecule has 0 saturated carbocycles. The van der Waals surface area contributed by atoms with Crippen LogP contribution in [0.5, 0.6) is 0 Å². The van der Waals surface area contributed by atoms with E-state index in [9.17, 15) is 0 Å². The third-order valence-electron chi connectivity index (χ3n) is 2.51. The van der Waals surface area contributed by atoms with E-state index in [4.69, 9.17) is 0 Å². The van der Waals surface area contributed by atoms with E-state index in [1.165, 1.54) is 50.8 Å². The van der Waals surface area contributed by atoms with Crippen LogP contribution >= 0.6 is 11.8 Å². The summed E-state index contributed by atoms with van der Waals surface area (Å²) in [5.74, 6) is 1.30. The molecular formula is C12H27NS. The highest BCUT2D eigenvalue weighted by Crippen LogP contribution is 2.09. The van der Waals surface area contributed by atoms with Crippen molar-refractivity contribution in [1.29, 1.82) is 0 Å². The average molecular weight is 217 g/mol. The SMILES string of the molecule is CCCCCC(CCSC)NCCC. The first kappa shape index (κ1) is 14.3. The lowest BCUT2D eigenvalue weighted by Crippen LogP contribution is -2.30. The van der Waals surface area contributed by atoms with Crippen LogP contribution in [0.15, 0.2) is 0 Å². The van der Waals surface area contributed by atoms with Crippen LogP contribution in [0.25, 0.3) is 0 Å². The van der Waals surface area contributed by atoms with E-state index >= 15 is 0 Å². The van der Waals surface area contributed by atoms with Crippen LogP contribution in [-0.2, 0) is 0 Å². The van der Waals surface area contributed by atoms with Gasteiger partial charge in [-0.2, -0.15) is 11.8 Å². The van der Waals surface area contributed by atoms with Gasteiger partial charge in [-0.05, 0) is 37.8 Å². The largest absolute Gasteiger partial charge is 0.314 e. The van der Waals surface area contributed by atoms with Gasteiger partial charge in [-0.1, -0.05) is 33.1 Å². The molecule has 0 radical (unpaired) electrons. The molecule has 0 amide bonds. The minimum Gasteiger partial charge on any atom is -0.314 e. The standard InChI is InChI=1S/C12H27NS/c1-4-6-7-8-12(9-11-14-3)13-10-5-2/h12-13H,4-11H2,1-3H3. The molecule has 0 aliphatic rings. The van der Waals surface area contributed by atoms with Crippen molar-refractivity contribution in [1.82, 2.24) is 5.32 Å². The van der Waals surface area contributed by atoms with Gasteiger partial charge in [0.25, 0.3) is 0 Å². The van der Waals surface area contributed by atoms with Gasteiger partial charge in [0.05, 0.1) is 0 Å². The van der Waals surface area contributed by atoms with Gasteiger partial charge in [-0.25, -0.2) is 0 Å². The highest BCUT2D eigenvalue weighted by Gasteiger charge is 2.05. The Balaban J connectivity index is 3.49. The molecule has 0 aliphatic heterocycles. The maximum Gasteiger partial charge on any atom is 0.00749 e. The van der Waals surface area contributed by atoms with E-state index in [0.29, 0.717) is 0 Å². The molecule has 0 spiro atoms. The minimum absolute atomic E-state index is 0.772. The summed E-state index contributed by atoms with van der Waals surface area (Å²) < 4.78 is 0. The van der Waals surface area contributed by atoms with Crippen LogP contribution in [0.3, 0.4) is 0 Å². The summed E-state index contributed by atoms with van der Waals surface area (Å²) in [6.07, 6.45) is 10.3. The Labute approximate surface area is 94.4 Å². The molecule has 0 saturated heterocycles. The summed E-state index contributed by atoms with van der Waals surface area (Å²) in [5, 5.41) is 3.65. The van der Waals surface area contributed by atoms with Crippen LogP contribution in [-0.4, -0.2) is 24.6 Å². The molecule has 86 valence electrons. The maximum atomic E-state index is 3.65. The zero-order chi connectivity index (χ0) is 10.6.